The van der Waals surface area contributed by atoms with Gasteiger partial charge in [0, 0.05) is 25.9 Å². The Kier molecular flexibility index (Phi) is 4.45. The zero-order valence-corrected chi connectivity index (χ0v) is 12.6. The molecule has 0 atom stereocenters. The number of ether oxygens (including phenoxy) is 1. The second-order valence-electron chi connectivity index (χ2n) is 5.88. The van der Waals surface area contributed by atoms with Gasteiger partial charge in [-0.2, -0.15) is 0 Å². The summed E-state index contributed by atoms with van der Waals surface area (Å²) in [5, 5.41) is 0. The number of nitrogens with two attached hydrogens (primary N) is 1. The highest BCUT2D eigenvalue weighted by atomic mass is 16.5. The molecule has 0 unspecified atom stereocenters. The van der Waals surface area contributed by atoms with E-state index in [4.69, 9.17) is 10.5 Å². The van der Waals surface area contributed by atoms with Crippen molar-refractivity contribution in [1.29, 1.82) is 0 Å². The average Bonchev–Trinajstić information content (AvgIpc) is 2.46. The Balaban J connectivity index is 2.13. The first-order valence-electron chi connectivity index (χ1n) is 7.19. The average molecular weight is 276 g/mol. The highest BCUT2D eigenvalue weighted by Crippen LogP contribution is 2.24. The van der Waals surface area contributed by atoms with Crippen molar-refractivity contribution in [2.24, 2.45) is 5.73 Å². The minimum Gasteiger partial charge on any atom is -0.381 e. The van der Waals surface area contributed by atoms with E-state index in [2.05, 4.69) is 26.0 Å². The largest absolute Gasteiger partial charge is 0.381 e. The maximum absolute atomic E-state index is 12.6. The normalized spacial score (nSPS) is 18.1. The van der Waals surface area contributed by atoms with E-state index in [1.54, 1.807) is 11.9 Å². The molecule has 1 aliphatic heterocycles. The number of nitrogens with zero attached hydrogens (tertiary/aromatic N) is 1. The van der Waals surface area contributed by atoms with E-state index >= 15 is 0 Å². The molecule has 20 heavy (non-hydrogen) atoms. The molecule has 1 fully saturated rings. The lowest BCUT2D eigenvalue weighted by Crippen LogP contribution is -2.57. The molecule has 2 N–H and O–H groups in total. The molecule has 1 heterocycles. The molecule has 0 aromatic heterocycles. The zero-order valence-electron chi connectivity index (χ0n) is 12.6. The van der Waals surface area contributed by atoms with E-state index in [9.17, 15) is 4.79 Å². The van der Waals surface area contributed by atoms with E-state index in [1.807, 2.05) is 12.1 Å². The molecular formula is C16H24N2O2. The molecule has 0 spiro atoms. The van der Waals surface area contributed by atoms with Crippen molar-refractivity contribution in [3.63, 3.8) is 0 Å². The van der Waals surface area contributed by atoms with Gasteiger partial charge >= 0.3 is 0 Å². The number of anilines is 1. The maximum Gasteiger partial charge on any atom is 0.246 e. The maximum atomic E-state index is 12.6. The molecule has 1 aliphatic rings. The van der Waals surface area contributed by atoms with Crippen molar-refractivity contribution in [2.45, 2.75) is 38.1 Å². The predicted octanol–water partition coefficient (Wildman–Crippen LogP) is 2.28. The Morgan fingerprint density at radius 1 is 1.25 bits per heavy atom. The molecule has 0 aliphatic carbocycles. The molecule has 1 saturated heterocycles. The Morgan fingerprint density at radius 3 is 2.30 bits per heavy atom. The summed E-state index contributed by atoms with van der Waals surface area (Å²) in [6.07, 6.45) is 1.17. The van der Waals surface area contributed by atoms with E-state index in [0.29, 0.717) is 32.0 Å². The third-order valence-corrected chi connectivity index (χ3v) is 4.06. The number of hydrogen-bond donors (Lipinski definition) is 1. The van der Waals surface area contributed by atoms with Crippen molar-refractivity contribution in [3.8, 4) is 0 Å². The van der Waals surface area contributed by atoms with Crippen molar-refractivity contribution in [3.05, 3.63) is 29.8 Å². The van der Waals surface area contributed by atoms with E-state index < -0.39 is 5.54 Å². The quantitative estimate of drug-likeness (QED) is 0.921. The van der Waals surface area contributed by atoms with E-state index in [1.165, 1.54) is 5.56 Å². The topological polar surface area (TPSA) is 55.6 Å². The Labute approximate surface area is 120 Å². The van der Waals surface area contributed by atoms with Crippen LogP contribution in [0.2, 0.25) is 0 Å². The number of rotatable bonds is 3. The summed E-state index contributed by atoms with van der Waals surface area (Å²) in [4.78, 5) is 14.2. The third-order valence-electron chi connectivity index (χ3n) is 4.06. The van der Waals surface area contributed by atoms with Crippen LogP contribution in [0.5, 0.6) is 0 Å². The van der Waals surface area contributed by atoms with Crippen LogP contribution in [-0.4, -0.2) is 31.7 Å². The molecule has 1 aromatic rings. The molecular weight excluding hydrogens is 252 g/mol. The first kappa shape index (κ1) is 15.0. The van der Waals surface area contributed by atoms with Gasteiger partial charge in [0.2, 0.25) is 5.91 Å². The molecule has 0 saturated carbocycles. The lowest BCUT2D eigenvalue weighted by molar-refractivity contribution is -0.126. The zero-order chi connectivity index (χ0) is 14.8. The third kappa shape index (κ3) is 3.02. The lowest BCUT2D eigenvalue weighted by Gasteiger charge is -2.35. The van der Waals surface area contributed by atoms with Gasteiger partial charge in [0.1, 0.15) is 5.54 Å². The van der Waals surface area contributed by atoms with Crippen LogP contribution in [-0.2, 0) is 9.53 Å². The highest BCUT2D eigenvalue weighted by molar-refractivity contribution is 5.99. The van der Waals surface area contributed by atoms with Gasteiger partial charge in [-0.05, 0) is 36.5 Å². The second kappa shape index (κ2) is 5.94. The fraction of sp³-hybridized carbons (Fsp3) is 0.562. The number of benzene rings is 1. The van der Waals surface area contributed by atoms with Crippen LogP contribution < -0.4 is 10.6 Å². The van der Waals surface area contributed by atoms with Crippen LogP contribution in [0.25, 0.3) is 0 Å². The van der Waals surface area contributed by atoms with Crippen molar-refractivity contribution >= 4 is 11.6 Å². The van der Waals surface area contributed by atoms with Crippen LogP contribution in [0, 0.1) is 0 Å². The van der Waals surface area contributed by atoms with Gasteiger partial charge in [-0.25, -0.2) is 0 Å². The van der Waals surface area contributed by atoms with Crippen LogP contribution in [0.1, 0.15) is 38.2 Å². The van der Waals surface area contributed by atoms with Crippen molar-refractivity contribution in [1.82, 2.24) is 0 Å². The summed E-state index contributed by atoms with van der Waals surface area (Å²) < 4.78 is 5.29. The minimum atomic E-state index is -0.788. The van der Waals surface area contributed by atoms with E-state index in [0.717, 1.165) is 5.69 Å². The molecule has 4 heteroatoms. The summed E-state index contributed by atoms with van der Waals surface area (Å²) in [6, 6.07) is 8.10. The highest BCUT2D eigenvalue weighted by Gasteiger charge is 2.38. The standard InChI is InChI=1S/C16H24N2O2/c1-12(2)13-4-6-14(7-5-13)18(3)15(19)16(17)8-10-20-11-9-16/h4-7,12H,8-11,17H2,1-3H3. The van der Waals surface area contributed by atoms with Gasteiger partial charge in [-0.1, -0.05) is 26.0 Å². The predicted molar refractivity (Wildman–Crippen MR) is 80.9 cm³/mol. The molecule has 1 aromatic carbocycles. The van der Waals surface area contributed by atoms with Crippen LogP contribution in [0.3, 0.4) is 0 Å². The monoisotopic (exact) mass is 276 g/mol. The van der Waals surface area contributed by atoms with Gasteiger partial charge in [0.25, 0.3) is 0 Å². The first-order chi connectivity index (χ1) is 9.44. The van der Waals surface area contributed by atoms with Crippen molar-refractivity contribution in [2.75, 3.05) is 25.2 Å². The first-order valence-corrected chi connectivity index (χ1v) is 7.19. The van der Waals surface area contributed by atoms with Gasteiger partial charge < -0.3 is 15.4 Å². The summed E-state index contributed by atoms with van der Waals surface area (Å²) in [5.41, 5.74) is 7.61. The minimum absolute atomic E-state index is 0.0295. The summed E-state index contributed by atoms with van der Waals surface area (Å²) in [6.45, 7) is 5.42. The molecule has 0 bridgehead atoms. The summed E-state index contributed by atoms with van der Waals surface area (Å²) in [5.74, 6) is 0.458. The Morgan fingerprint density at radius 2 is 1.80 bits per heavy atom. The fourth-order valence-corrected chi connectivity index (χ4v) is 2.48. The number of amides is 1. The molecule has 0 radical (unpaired) electrons. The van der Waals surface area contributed by atoms with Gasteiger partial charge in [-0.3, -0.25) is 4.79 Å². The molecule has 4 nitrogen and oxygen atoms in total. The number of carbonyl (C=O) groups is 1. The van der Waals surface area contributed by atoms with Gasteiger partial charge in [0.15, 0.2) is 0 Å². The second-order valence-corrected chi connectivity index (χ2v) is 5.88. The summed E-state index contributed by atoms with van der Waals surface area (Å²) in [7, 11) is 1.79. The number of likely N-dealkylation sites (N-methyl/N-ethyl adjacent to an activating group) is 1. The van der Waals surface area contributed by atoms with Crippen molar-refractivity contribution < 1.29 is 9.53 Å². The molecule has 2 rings (SSSR count). The SMILES string of the molecule is CC(C)c1ccc(N(C)C(=O)C2(N)CCOCC2)cc1. The fourth-order valence-electron chi connectivity index (χ4n) is 2.48. The Bertz CT molecular complexity index is 462. The van der Waals surface area contributed by atoms with Gasteiger partial charge in [0.05, 0.1) is 0 Å². The van der Waals surface area contributed by atoms with Crippen LogP contribution in [0.4, 0.5) is 5.69 Å². The van der Waals surface area contributed by atoms with Crippen LogP contribution in [0.15, 0.2) is 24.3 Å². The van der Waals surface area contributed by atoms with Gasteiger partial charge in [-0.15, -0.1) is 0 Å². The lowest BCUT2D eigenvalue weighted by atomic mass is 9.89. The molecule has 110 valence electrons. The number of carbonyl (C=O) groups excluding carboxylic acids is 1. The van der Waals surface area contributed by atoms with Crippen LogP contribution >= 0.6 is 0 Å². The summed E-state index contributed by atoms with van der Waals surface area (Å²) >= 11 is 0. The smallest absolute Gasteiger partial charge is 0.246 e. The molecule has 1 amide bonds. The van der Waals surface area contributed by atoms with E-state index in [-0.39, 0.29) is 5.91 Å². The number of hydrogen-bond acceptors (Lipinski definition) is 3. The Hall–Kier alpha value is -1.39.